The van der Waals surface area contributed by atoms with Crippen molar-refractivity contribution in [3.05, 3.63) is 64.9 Å². The molecule has 1 unspecified atom stereocenters. The minimum atomic E-state index is -0.224. The van der Waals surface area contributed by atoms with Crippen LogP contribution in [0.1, 0.15) is 30.4 Å². The van der Waals surface area contributed by atoms with Crippen molar-refractivity contribution in [3.8, 4) is 0 Å². The number of rotatable bonds is 6. The second kappa shape index (κ2) is 7.79. The second-order valence-corrected chi connectivity index (χ2v) is 5.40. The maximum atomic E-state index is 12.4. The Kier molecular flexibility index (Phi) is 5.76. The minimum absolute atomic E-state index is 0.0445. The summed E-state index contributed by atoms with van der Waals surface area (Å²) >= 11 is 5.93. The van der Waals surface area contributed by atoms with Crippen LogP contribution in [0.15, 0.2) is 48.8 Å². The lowest BCUT2D eigenvalue weighted by Gasteiger charge is -2.17. The number of halogens is 1. The van der Waals surface area contributed by atoms with Crippen molar-refractivity contribution in [2.24, 2.45) is 0 Å². The van der Waals surface area contributed by atoms with E-state index in [4.69, 9.17) is 11.6 Å². The van der Waals surface area contributed by atoms with Crippen LogP contribution in [0.4, 0.5) is 0 Å². The summed E-state index contributed by atoms with van der Waals surface area (Å²) in [4.78, 5) is 16.5. The van der Waals surface area contributed by atoms with Crippen LogP contribution in [-0.4, -0.2) is 17.4 Å². The molecule has 1 aromatic carbocycles. The molecule has 0 bridgehead atoms. The van der Waals surface area contributed by atoms with Gasteiger partial charge >= 0.3 is 0 Å². The first-order valence-electron chi connectivity index (χ1n) is 7.12. The second-order valence-electron chi connectivity index (χ2n) is 4.96. The van der Waals surface area contributed by atoms with Gasteiger partial charge in [-0.2, -0.15) is 0 Å². The van der Waals surface area contributed by atoms with Gasteiger partial charge in [-0.3, -0.25) is 9.78 Å². The lowest BCUT2D eigenvalue weighted by molar-refractivity contribution is -0.122. The van der Waals surface area contributed by atoms with E-state index in [1.165, 1.54) is 0 Å². The van der Waals surface area contributed by atoms with Crippen molar-refractivity contribution in [2.45, 2.75) is 25.7 Å². The molecule has 0 saturated carbocycles. The van der Waals surface area contributed by atoms with Gasteiger partial charge in [0.05, 0.1) is 5.92 Å². The van der Waals surface area contributed by atoms with E-state index in [0.717, 1.165) is 17.5 Å². The number of amides is 1. The number of nitrogens with one attached hydrogen (secondary N) is 1. The third kappa shape index (κ3) is 4.57. The van der Waals surface area contributed by atoms with Gasteiger partial charge in [0.1, 0.15) is 0 Å². The highest BCUT2D eigenvalue weighted by atomic mass is 35.5. The van der Waals surface area contributed by atoms with Gasteiger partial charge in [0.15, 0.2) is 0 Å². The van der Waals surface area contributed by atoms with E-state index in [2.05, 4.69) is 10.3 Å². The molecule has 0 radical (unpaired) electrons. The fourth-order valence-electron chi connectivity index (χ4n) is 2.18. The maximum Gasteiger partial charge on any atom is 0.227 e. The zero-order chi connectivity index (χ0) is 15.1. The molecule has 1 atom stereocenters. The molecule has 0 aliphatic heterocycles. The Balaban J connectivity index is 2.21. The maximum absolute atomic E-state index is 12.4. The Morgan fingerprint density at radius 2 is 2.05 bits per heavy atom. The Bertz CT molecular complexity index is 569. The van der Waals surface area contributed by atoms with Crippen molar-refractivity contribution in [2.75, 3.05) is 6.54 Å². The van der Waals surface area contributed by atoms with Crippen LogP contribution in [-0.2, 0) is 11.2 Å². The molecule has 1 aromatic heterocycles. The van der Waals surface area contributed by atoms with E-state index in [-0.39, 0.29) is 11.8 Å². The molecule has 21 heavy (non-hydrogen) atoms. The van der Waals surface area contributed by atoms with Crippen molar-refractivity contribution < 1.29 is 4.79 Å². The molecular formula is C17H19ClN2O. The summed E-state index contributed by atoms with van der Waals surface area (Å²) in [5.41, 5.74) is 2.01. The Morgan fingerprint density at radius 3 is 2.67 bits per heavy atom. The van der Waals surface area contributed by atoms with Gasteiger partial charge in [0.2, 0.25) is 5.91 Å². The Morgan fingerprint density at radius 1 is 1.29 bits per heavy atom. The molecule has 0 aliphatic carbocycles. The largest absolute Gasteiger partial charge is 0.356 e. The molecule has 110 valence electrons. The molecule has 0 fully saturated rings. The lowest BCUT2D eigenvalue weighted by Crippen LogP contribution is -2.31. The van der Waals surface area contributed by atoms with Crippen molar-refractivity contribution >= 4 is 17.5 Å². The van der Waals surface area contributed by atoms with Crippen molar-refractivity contribution in [1.29, 1.82) is 0 Å². The third-order valence-corrected chi connectivity index (χ3v) is 3.55. The summed E-state index contributed by atoms with van der Waals surface area (Å²) in [6.45, 7) is 2.73. The van der Waals surface area contributed by atoms with Crippen LogP contribution in [0, 0.1) is 0 Å². The van der Waals surface area contributed by atoms with Gasteiger partial charge in [-0.05, 0) is 42.2 Å². The predicted octanol–water partition coefficient (Wildman–Crippen LogP) is 3.59. The summed E-state index contributed by atoms with van der Waals surface area (Å²) in [5, 5.41) is 3.65. The SMILES string of the molecule is CCCNC(=O)C(Cc1cccnc1)c1ccc(Cl)cc1. The first-order valence-corrected chi connectivity index (χ1v) is 7.50. The molecule has 1 amide bonds. The summed E-state index contributed by atoms with van der Waals surface area (Å²) in [7, 11) is 0. The van der Waals surface area contributed by atoms with Crippen LogP contribution >= 0.6 is 11.6 Å². The molecule has 1 N–H and O–H groups in total. The Labute approximate surface area is 130 Å². The molecule has 1 heterocycles. The van der Waals surface area contributed by atoms with Gasteiger partial charge in [0.25, 0.3) is 0 Å². The molecule has 0 saturated heterocycles. The van der Waals surface area contributed by atoms with Crippen molar-refractivity contribution in [3.63, 3.8) is 0 Å². The van der Waals surface area contributed by atoms with E-state index in [1.54, 1.807) is 12.4 Å². The predicted molar refractivity (Wildman–Crippen MR) is 85.4 cm³/mol. The fraction of sp³-hybridized carbons (Fsp3) is 0.294. The van der Waals surface area contributed by atoms with E-state index < -0.39 is 0 Å². The number of carbonyl (C=O) groups is 1. The average Bonchev–Trinajstić information content (AvgIpc) is 2.52. The number of pyridine rings is 1. The minimum Gasteiger partial charge on any atom is -0.356 e. The molecular weight excluding hydrogens is 284 g/mol. The number of nitrogens with zero attached hydrogens (tertiary/aromatic N) is 1. The highest BCUT2D eigenvalue weighted by molar-refractivity contribution is 6.30. The van der Waals surface area contributed by atoms with Crippen LogP contribution in [0.25, 0.3) is 0 Å². The Hall–Kier alpha value is -1.87. The van der Waals surface area contributed by atoms with Gasteiger partial charge in [-0.25, -0.2) is 0 Å². The zero-order valence-corrected chi connectivity index (χ0v) is 12.8. The number of aromatic nitrogens is 1. The summed E-state index contributed by atoms with van der Waals surface area (Å²) in [5.74, 6) is -0.180. The molecule has 2 aromatic rings. The lowest BCUT2D eigenvalue weighted by atomic mass is 9.91. The van der Waals surface area contributed by atoms with Crippen LogP contribution in [0.3, 0.4) is 0 Å². The molecule has 2 rings (SSSR count). The van der Waals surface area contributed by atoms with E-state index in [9.17, 15) is 4.79 Å². The van der Waals surface area contributed by atoms with Gasteiger partial charge in [-0.15, -0.1) is 0 Å². The third-order valence-electron chi connectivity index (χ3n) is 3.30. The van der Waals surface area contributed by atoms with Crippen molar-refractivity contribution in [1.82, 2.24) is 10.3 Å². The summed E-state index contributed by atoms with van der Waals surface area (Å²) in [6.07, 6.45) is 5.09. The number of benzene rings is 1. The highest BCUT2D eigenvalue weighted by Gasteiger charge is 2.20. The highest BCUT2D eigenvalue weighted by Crippen LogP contribution is 2.23. The van der Waals surface area contributed by atoms with Gasteiger partial charge < -0.3 is 5.32 Å². The molecule has 0 spiro atoms. The normalized spacial score (nSPS) is 11.9. The number of hydrogen-bond acceptors (Lipinski definition) is 2. The summed E-state index contributed by atoms with van der Waals surface area (Å²) in [6, 6.07) is 11.3. The van der Waals surface area contributed by atoms with Crippen LogP contribution in [0.2, 0.25) is 5.02 Å². The molecule has 4 heteroatoms. The van der Waals surface area contributed by atoms with Gasteiger partial charge in [0, 0.05) is 24.0 Å². The number of hydrogen-bond donors (Lipinski definition) is 1. The topological polar surface area (TPSA) is 42.0 Å². The first-order chi connectivity index (χ1) is 10.2. The first kappa shape index (κ1) is 15.5. The average molecular weight is 303 g/mol. The molecule has 0 aliphatic rings. The monoisotopic (exact) mass is 302 g/mol. The summed E-state index contributed by atoms with van der Waals surface area (Å²) < 4.78 is 0. The van der Waals surface area contributed by atoms with Gasteiger partial charge in [-0.1, -0.05) is 36.7 Å². The quantitative estimate of drug-likeness (QED) is 0.886. The molecule has 3 nitrogen and oxygen atoms in total. The van der Waals surface area contributed by atoms with Crippen LogP contribution in [0.5, 0.6) is 0 Å². The standard InChI is InChI=1S/C17H19ClN2O/c1-2-9-20-17(21)16(11-13-4-3-10-19-12-13)14-5-7-15(18)8-6-14/h3-8,10,12,16H,2,9,11H2,1H3,(H,20,21). The smallest absolute Gasteiger partial charge is 0.227 e. The zero-order valence-electron chi connectivity index (χ0n) is 12.1. The number of carbonyl (C=O) groups excluding carboxylic acids is 1. The van der Waals surface area contributed by atoms with Crippen LogP contribution < -0.4 is 5.32 Å². The van der Waals surface area contributed by atoms with E-state index in [1.807, 2.05) is 43.3 Å². The van der Waals surface area contributed by atoms with E-state index >= 15 is 0 Å². The fourth-order valence-corrected chi connectivity index (χ4v) is 2.31. The van der Waals surface area contributed by atoms with E-state index in [0.29, 0.717) is 18.0 Å².